The van der Waals surface area contributed by atoms with Crippen molar-refractivity contribution in [2.75, 3.05) is 26.2 Å². The van der Waals surface area contributed by atoms with Crippen molar-refractivity contribution in [3.8, 4) is 0 Å². The normalized spacial score (nSPS) is 18.8. The maximum atomic E-state index is 12.8. The Hall–Kier alpha value is -1.42. The minimum absolute atomic E-state index is 0.201. The van der Waals surface area contributed by atoms with Crippen LogP contribution in [-0.4, -0.2) is 37.0 Å². The van der Waals surface area contributed by atoms with Gasteiger partial charge in [0.1, 0.15) is 5.82 Å². The van der Waals surface area contributed by atoms with Crippen molar-refractivity contribution in [3.63, 3.8) is 0 Å². The van der Waals surface area contributed by atoms with E-state index in [4.69, 9.17) is 0 Å². The lowest BCUT2D eigenvalue weighted by atomic mass is 10.00. The van der Waals surface area contributed by atoms with Gasteiger partial charge in [-0.05, 0) is 49.4 Å². The molecule has 116 valence electrons. The number of carbonyl (C=O) groups excluding carboxylic acids is 1. The summed E-state index contributed by atoms with van der Waals surface area (Å²) in [6.07, 6.45) is 3.79. The van der Waals surface area contributed by atoms with Gasteiger partial charge in [0.15, 0.2) is 0 Å². The Labute approximate surface area is 126 Å². The third-order valence-corrected chi connectivity index (χ3v) is 4.03. The van der Waals surface area contributed by atoms with Crippen molar-refractivity contribution in [3.05, 3.63) is 35.6 Å². The van der Waals surface area contributed by atoms with E-state index in [9.17, 15) is 9.18 Å². The van der Waals surface area contributed by atoms with Gasteiger partial charge in [-0.3, -0.25) is 4.79 Å². The zero-order valence-corrected chi connectivity index (χ0v) is 12.8. The van der Waals surface area contributed by atoms with Gasteiger partial charge in [0.25, 0.3) is 0 Å². The number of nitrogens with one attached hydrogen (secondary N) is 1. The molecular formula is C17H25FN2O. The molecule has 1 aromatic carbocycles. The summed E-state index contributed by atoms with van der Waals surface area (Å²) >= 11 is 0. The van der Waals surface area contributed by atoms with Crippen LogP contribution in [0.1, 0.15) is 31.7 Å². The Bertz CT molecular complexity index is 447. The predicted octanol–water partition coefficient (Wildman–Crippen LogP) is 2.61. The number of nitrogens with zero attached hydrogens (tertiary/aromatic N) is 1. The average Bonchev–Trinajstić information content (AvgIpc) is 2.48. The summed E-state index contributed by atoms with van der Waals surface area (Å²) in [5, 5.41) is 3.29. The number of rotatable bonds is 6. The molecule has 4 heteroatoms. The van der Waals surface area contributed by atoms with Crippen LogP contribution in [0, 0.1) is 11.7 Å². The molecule has 0 bridgehead atoms. The molecule has 0 aliphatic carbocycles. The fourth-order valence-electron chi connectivity index (χ4n) is 2.78. The molecule has 0 spiro atoms. The van der Waals surface area contributed by atoms with Crippen LogP contribution in [0.4, 0.5) is 4.39 Å². The standard InChI is InChI=1S/C17H25FN2O/c1-14-3-2-12-20(13-14)17(21)9-11-19-10-8-15-4-6-16(18)7-5-15/h4-7,14,19H,2-3,8-13H2,1H3. The van der Waals surface area contributed by atoms with E-state index in [0.29, 0.717) is 18.9 Å². The van der Waals surface area contributed by atoms with E-state index in [2.05, 4.69) is 12.2 Å². The summed E-state index contributed by atoms with van der Waals surface area (Å²) in [6, 6.07) is 6.57. The number of halogens is 1. The monoisotopic (exact) mass is 292 g/mol. The number of carbonyl (C=O) groups is 1. The topological polar surface area (TPSA) is 32.3 Å². The molecule has 2 rings (SSSR count). The first-order valence-corrected chi connectivity index (χ1v) is 7.88. The van der Waals surface area contributed by atoms with Crippen LogP contribution in [0.5, 0.6) is 0 Å². The molecule has 1 fully saturated rings. The number of hydrogen-bond donors (Lipinski definition) is 1. The van der Waals surface area contributed by atoms with Gasteiger partial charge in [0.05, 0.1) is 0 Å². The average molecular weight is 292 g/mol. The van der Waals surface area contributed by atoms with Crippen LogP contribution in [0.25, 0.3) is 0 Å². The van der Waals surface area contributed by atoms with Gasteiger partial charge < -0.3 is 10.2 Å². The lowest BCUT2D eigenvalue weighted by Gasteiger charge is -2.31. The summed E-state index contributed by atoms with van der Waals surface area (Å²) in [5.74, 6) is 0.693. The number of piperidine rings is 1. The fraction of sp³-hybridized carbons (Fsp3) is 0.588. The van der Waals surface area contributed by atoms with E-state index in [1.54, 1.807) is 12.1 Å². The van der Waals surface area contributed by atoms with E-state index < -0.39 is 0 Å². The van der Waals surface area contributed by atoms with Gasteiger partial charge >= 0.3 is 0 Å². The third-order valence-electron chi connectivity index (χ3n) is 4.03. The van der Waals surface area contributed by atoms with Crippen LogP contribution in [0.2, 0.25) is 0 Å². The molecule has 1 heterocycles. The maximum Gasteiger partial charge on any atom is 0.223 e. The molecule has 0 saturated carbocycles. The van der Waals surface area contributed by atoms with Crippen molar-refractivity contribution in [1.29, 1.82) is 0 Å². The molecule has 0 aromatic heterocycles. The van der Waals surface area contributed by atoms with Crippen LogP contribution in [-0.2, 0) is 11.2 Å². The van der Waals surface area contributed by atoms with Gasteiger partial charge in [-0.15, -0.1) is 0 Å². The van der Waals surface area contributed by atoms with Gasteiger partial charge in [0.2, 0.25) is 5.91 Å². The van der Waals surface area contributed by atoms with Crippen molar-refractivity contribution >= 4 is 5.91 Å². The summed E-state index contributed by atoms with van der Waals surface area (Å²) in [5.41, 5.74) is 1.11. The zero-order chi connectivity index (χ0) is 15.1. The van der Waals surface area contributed by atoms with Crippen LogP contribution >= 0.6 is 0 Å². The second-order valence-corrected chi connectivity index (χ2v) is 5.96. The highest BCUT2D eigenvalue weighted by molar-refractivity contribution is 5.76. The molecule has 1 aliphatic heterocycles. The molecule has 0 radical (unpaired) electrons. The van der Waals surface area contributed by atoms with E-state index in [1.807, 2.05) is 4.90 Å². The lowest BCUT2D eigenvalue weighted by Crippen LogP contribution is -2.40. The van der Waals surface area contributed by atoms with Gasteiger partial charge in [0, 0.05) is 26.1 Å². The fourth-order valence-corrected chi connectivity index (χ4v) is 2.78. The van der Waals surface area contributed by atoms with Crippen molar-refractivity contribution in [2.24, 2.45) is 5.92 Å². The summed E-state index contributed by atoms with van der Waals surface area (Å²) in [6.45, 7) is 5.56. The summed E-state index contributed by atoms with van der Waals surface area (Å²) < 4.78 is 12.8. The summed E-state index contributed by atoms with van der Waals surface area (Å²) in [7, 11) is 0. The van der Waals surface area contributed by atoms with Gasteiger partial charge in [-0.1, -0.05) is 19.1 Å². The lowest BCUT2D eigenvalue weighted by molar-refractivity contribution is -0.132. The molecule has 1 N–H and O–H groups in total. The molecule has 1 saturated heterocycles. The number of hydrogen-bond acceptors (Lipinski definition) is 2. The Balaban J connectivity index is 1.59. The molecule has 1 atom stereocenters. The zero-order valence-electron chi connectivity index (χ0n) is 12.8. The van der Waals surface area contributed by atoms with E-state index in [0.717, 1.165) is 38.0 Å². The maximum absolute atomic E-state index is 12.8. The van der Waals surface area contributed by atoms with Crippen molar-refractivity contribution < 1.29 is 9.18 Å². The molecule has 1 amide bonds. The van der Waals surface area contributed by atoms with E-state index in [-0.39, 0.29) is 11.7 Å². The Morgan fingerprint density at radius 2 is 2.10 bits per heavy atom. The second kappa shape index (κ2) is 8.13. The Morgan fingerprint density at radius 1 is 1.33 bits per heavy atom. The molecular weight excluding hydrogens is 267 g/mol. The first kappa shape index (κ1) is 16.0. The first-order valence-electron chi connectivity index (χ1n) is 7.88. The third kappa shape index (κ3) is 5.46. The molecule has 3 nitrogen and oxygen atoms in total. The molecule has 1 aliphatic rings. The minimum atomic E-state index is -0.201. The molecule has 1 aromatic rings. The minimum Gasteiger partial charge on any atom is -0.342 e. The van der Waals surface area contributed by atoms with Crippen LogP contribution < -0.4 is 5.32 Å². The Kier molecular flexibility index (Phi) is 6.18. The molecule has 1 unspecified atom stereocenters. The highest BCUT2D eigenvalue weighted by Crippen LogP contribution is 2.15. The summed E-state index contributed by atoms with van der Waals surface area (Å²) in [4.78, 5) is 14.1. The van der Waals surface area contributed by atoms with E-state index in [1.165, 1.54) is 18.6 Å². The van der Waals surface area contributed by atoms with Crippen LogP contribution in [0.3, 0.4) is 0 Å². The number of benzene rings is 1. The van der Waals surface area contributed by atoms with Crippen molar-refractivity contribution in [1.82, 2.24) is 10.2 Å². The number of likely N-dealkylation sites (tertiary alicyclic amines) is 1. The van der Waals surface area contributed by atoms with Crippen LogP contribution in [0.15, 0.2) is 24.3 Å². The second-order valence-electron chi connectivity index (χ2n) is 5.96. The quantitative estimate of drug-likeness (QED) is 0.817. The van der Waals surface area contributed by atoms with Crippen molar-refractivity contribution in [2.45, 2.75) is 32.6 Å². The smallest absolute Gasteiger partial charge is 0.223 e. The Morgan fingerprint density at radius 3 is 2.81 bits per heavy atom. The van der Waals surface area contributed by atoms with Gasteiger partial charge in [-0.25, -0.2) is 4.39 Å². The predicted molar refractivity (Wildman–Crippen MR) is 82.6 cm³/mol. The SMILES string of the molecule is CC1CCCN(C(=O)CCNCCc2ccc(F)cc2)C1. The van der Waals surface area contributed by atoms with Gasteiger partial charge in [-0.2, -0.15) is 0 Å². The first-order chi connectivity index (χ1) is 10.1. The number of amides is 1. The van der Waals surface area contributed by atoms with E-state index >= 15 is 0 Å². The largest absolute Gasteiger partial charge is 0.342 e. The highest BCUT2D eigenvalue weighted by atomic mass is 19.1. The highest BCUT2D eigenvalue weighted by Gasteiger charge is 2.20. The molecule has 21 heavy (non-hydrogen) atoms.